The van der Waals surface area contributed by atoms with Crippen molar-refractivity contribution in [3.05, 3.63) is 54.1 Å². The molecule has 1 aromatic carbocycles. The van der Waals surface area contributed by atoms with Crippen LogP contribution in [0.3, 0.4) is 0 Å². The highest BCUT2D eigenvalue weighted by Crippen LogP contribution is 2.17. The van der Waals surface area contributed by atoms with Gasteiger partial charge in [0.1, 0.15) is 5.82 Å². The first-order valence-electron chi connectivity index (χ1n) is 4.98. The average Bonchev–Trinajstić information content (AvgIpc) is 2.29. The van der Waals surface area contributed by atoms with E-state index in [1.807, 2.05) is 0 Å². The molecule has 5 heteroatoms. The molecule has 0 saturated heterocycles. The van der Waals surface area contributed by atoms with Crippen molar-refractivity contribution in [2.45, 2.75) is 10.6 Å². The standard InChI is InChI=1S/C12H11FN2OS/c13-10-5-11(14)7-12(6-10)17(16)8-9-1-3-15-4-2-9/h1-7H,8,14H2. The average molecular weight is 250 g/mol. The van der Waals surface area contributed by atoms with E-state index < -0.39 is 16.6 Å². The number of anilines is 1. The number of aromatic nitrogens is 1. The van der Waals surface area contributed by atoms with Gasteiger partial charge in [0.25, 0.3) is 0 Å². The molecule has 0 radical (unpaired) electrons. The summed E-state index contributed by atoms with van der Waals surface area (Å²) >= 11 is 0. The Labute approximate surface area is 101 Å². The Balaban J connectivity index is 2.20. The molecule has 88 valence electrons. The fourth-order valence-corrected chi connectivity index (χ4v) is 2.60. The van der Waals surface area contributed by atoms with Crippen LogP contribution in [0.25, 0.3) is 0 Å². The van der Waals surface area contributed by atoms with E-state index in [9.17, 15) is 8.60 Å². The van der Waals surface area contributed by atoms with Crippen molar-refractivity contribution in [2.24, 2.45) is 0 Å². The topological polar surface area (TPSA) is 56.0 Å². The monoisotopic (exact) mass is 250 g/mol. The van der Waals surface area contributed by atoms with E-state index in [-0.39, 0.29) is 5.69 Å². The predicted octanol–water partition coefficient (Wildman–Crippen LogP) is 2.11. The van der Waals surface area contributed by atoms with Crippen molar-refractivity contribution in [2.75, 3.05) is 5.73 Å². The van der Waals surface area contributed by atoms with Crippen LogP contribution in [-0.2, 0) is 16.6 Å². The molecular formula is C12H11FN2OS. The highest BCUT2D eigenvalue weighted by Gasteiger charge is 2.07. The van der Waals surface area contributed by atoms with Crippen LogP contribution in [0.2, 0.25) is 0 Å². The van der Waals surface area contributed by atoms with E-state index in [0.29, 0.717) is 10.6 Å². The molecule has 0 aliphatic rings. The number of hydrogen-bond acceptors (Lipinski definition) is 3. The van der Waals surface area contributed by atoms with Gasteiger partial charge in [-0.3, -0.25) is 9.19 Å². The minimum atomic E-state index is -1.30. The molecule has 0 fully saturated rings. The quantitative estimate of drug-likeness (QED) is 0.849. The second-order valence-electron chi connectivity index (χ2n) is 3.57. The van der Waals surface area contributed by atoms with Crippen LogP contribution in [0, 0.1) is 5.82 Å². The van der Waals surface area contributed by atoms with Crippen LogP contribution in [0.5, 0.6) is 0 Å². The third-order valence-electron chi connectivity index (χ3n) is 2.20. The second-order valence-corrected chi connectivity index (χ2v) is 5.02. The molecule has 2 N–H and O–H groups in total. The summed E-state index contributed by atoms with van der Waals surface area (Å²) in [4.78, 5) is 4.28. The molecule has 0 aliphatic heterocycles. The summed E-state index contributed by atoms with van der Waals surface area (Å²) in [7, 11) is -1.30. The summed E-state index contributed by atoms with van der Waals surface area (Å²) in [6.45, 7) is 0. The van der Waals surface area contributed by atoms with E-state index in [2.05, 4.69) is 4.98 Å². The Morgan fingerprint density at radius 2 is 1.94 bits per heavy atom. The van der Waals surface area contributed by atoms with Gasteiger partial charge in [0.2, 0.25) is 0 Å². The summed E-state index contributed by atoms with van der Waals surface area (Å²) in [5.41, 5.74) is 6.68. The zero-order chi connectivity index (χ0) is 12.3. The molecule has 2 aromatic rings. The maximum atomic E-state index is 13.1. The number of hydrogen-bond donors (Lipinski definition) is 1. The summed E-state index contributed by atoms with van der Waals surface area (Å²) in [5.74, 6) is -0.145. The summed E-state index contributed by atoms with van der Waals surface area (Å²) in [6.07, 6.45) is 3.26. The van der Waals surface area contributed by atoms with E-state index in [4.69, 9.17) is 5.73 Å². The van der Waals surface area contributed by atoms with Crippen LogP contribution in [0.4, 0.5) is 10.1 Å². The fraction of sp³-hybridized carbons (Fsp3) is 0.0833. The Morgan fingerprint density at radius 3 is 2.59 bits per heavy atom. The molecule has 1 heterocycles. The Hall–Kier alpha value is -1.75. The van der Waals surface area contributed by atoms with Gasteiger partial charge >= 0.3 is 0 Å². The third kappa shape index (κ3) is 3.10. The smallest absolute Gasteiger partial charge is 0.126 e. The van der Waals surface area contributed by atoms with Gasteiger partial charge in [-0.15, -0.1) is 0 Å². The van der Waals surface area contributed by atoms with Crippen LogP contribution < -0.4 is 5.73 Å². The second kappa shape index (κ2) is 5.05. The molecule has 17 heavy (non-hydrogen) atoms. The summed E-state index contributed by atoms with van der Waals surface area (Å²) in [6, 6.07) is 7.53. The first kappa shape index (κ1) is 11.7. The van der Waals surface area contributed by atoms with Gasteiger partial charge in [-0.1, -0.05) is 0 Å². The normalized spacial score (nSPS) is 12.3. The molecule has 1 aromatic heterocycles. The van der Waals surface area contributed by atoms with E-state index in [1.54, 1.807) is 24.5 Å². The van der Waals surface area contributed by atoms with Crippen molar-refractivity contribution < 1.29 is 8.60 Å². The SMILES string of the molecule is Nc1cc(F)cc(S(=O)Cc2ccncc2)c1. The summed E-state index contributed by atoms with van der Waals surface area (Å²) < 4.78 is 25.1. The first-order valence-corrected chi connectivity index (χ1v) is 6.30. The van der Waals surface area contributed by atoms with Crippen molar-refractivity contribution in [1.29, 1.82) is 0 Å². The van der Waals surface area contributed by atoms with Crippen molar-refractivity contribution in [3.63, 3.8) is 0 Å². The zero-order valence-electron chi connectivity index (χ0n) is 8.97. The number of rotatable bonds is 3. The van der Waals surface area contributed by atoms with Crippen LogP contribution in [0.15, 0.2) is 47.6 Å². The molecule has 0 aliphatic carbocycles. The Morgan fingerprint density at radius 1 is 1.24 bits per heavy atom. The number of nitrogens with zero attached hydrogens (tertiary/aromatic N) is 1. The lowest BCUT2D eigenvalue weighted by molar-refractivity contribution is 0.623. The number of nitrogen functional groups attached to an aromatic ring is 1. The van der Waals surface area contributed by atoms with Gasteiger partial charge in [0.15, 0.2) is 0 Å². The molecule has 0 amide bonds. The highest BCUT2D eigenvalue weighted by molar-refractivity contribution is 7.84. The van der Waals surface area contributed by atoms with E-state index in [0.717, 1.165) is 5.56 Å². The van der Waals surface area contributed by atoms with Crippen LogP contribution in [-0.4, -0.2) is 9.19 Å². The molecular weight excluding hydrogens is 239 g/mol. The Bertz CT molecular complexity index is 525. The van der Waals surface area contributed by atoms with E-state index in [1.165, 1.54) is 18.2 Å². The molecule has 0 spiro atoms. The number of benzene rings is 1. The first-order chi connectivity index (χ1) is 8.15. The Kier molecular flexibility index (Phi) is 3.49. The largest absolute Gasteiger partial charge is 0.399 e. The minimum absolute atomic E-state index is 0.281. The molecule has 1 unspecified atom stereocenters. The van der Waals surface area contributed by atoms with Gasteiger partial charge in [0, 0.05) is 23.0 Å². The van der Waals surface area contributed by atoms with Gasteiger partial charge < -0.3 is 5.73 Å². The van der Waals surface area contributed by atoms with Crippen molar-refractivity contribution in [1.82, 2.24) is 4.98 Å². The summed E-state index contributed by atoms with van der Waals surface area (Å²) in [5, 5.41) is 0. The number of nitrogens with two attached hydrogens (primary N) is 1. The lowest BCUT2D eigenvalue weighted by atomic mass is 10.3. The van der Waals surface area contributed by atoms with Crippen molar-refractivity contribution in [3.8, 4) is 0 Å². The zero-order valence-corrected chi connectivity index (χ0v) is 9.78. The third-order valence-corrected chi connectivity index (χ3v) is 3.56. The molecule has 0 saturated carbocycles. The lowest BCUT2D eigenvalue weighted by Gasteiger charge is -2.04. The molecule has 3 nitrogen and oxygen atoms in total. The lowest BCUT2D eigenvalue weighted by Crippen LogP contribution is -1.99. The predicted molar refractivity (Wildman–Crippen MR) is 65.2 cm³/mol. The minimum Gasteiger partial charge on any atom is -0.399 e. The highest BCUT2D eigenvalue weighted by atomic mass is 32.2. The van der Waals surface area contributed by atoms with Crippen molar-refractivity contribution >= 4 is 16.5 Å². The van der Waals surface area contributed by atoms with Crippen LogP contribution in [0.1, 0.15) is 5.56 Å². The van der Waals surface area contributed by atoms with Crippen LogP contribution >= 0.6 is 0 Å². The maximum Gasteiger partial charge on any atom is 0.126 e. The van der Waals surface area contributed by atoms with Gasteiger partial charge in [-0.2, -0.15) is 0 Å². The molecule has 1 atom stereocenters. The number of halogens is 1. The number of pyridine rings is 1. The van der Waals surface area contributed by atoms with Gasteiger partial charge in [-0.25, -0.2) is 4.39 Å². The van der Waals surface area contributed by atoms with E-state index >= 15 is 0 Å². The van der Waals surface area contributed by atoms with Gasteiger partial charge in [-0.05, 0) is 35.9 Å². The fourth-order valence-electron chi connectivity index (χ4n) is 1.43. The maximum absolute atomic E-state index is 13.1. The molecule has 0 bridgehead atoms. The molecule has 2 rings (SSSR count). The van der Waals surface area contributed by atoms with Gasteiger partial charge in [0.05, 0.1) is 16.6 Å².